The summed E-state index contributed by atoms with van der Waals surface area (Å²) in [7, 11) is 0. The van der Waals surface area contributed by atoms with Gasteiger partial charge in [0.1, 0.15) is 0 Å². The zero-order valence-electron chi connectivity index (χ0n) is 5.87. The van der Waals surface area contributed by atoms with E-state index in [1.807, 2.05) is 0 Å². The van der Waals surface area contributed by atoms with Crippen molar-refractivity contribution in [2.24, 2.45) is 0 Å². The van der Waals surface area contributed by atoms with Gasteiger partial charge in [-0.25, -0.2) is 0 Å². The fraction of sp³-hybridized carbons (Fsp3) is 0.125. The molecule has 1 aromatic carbocycles. The molecule has 1 aromatic rings. The van der Waals surface area contributed by atoms with Gasteiger partial charge in [-0.1, -0.05) is 29.8 Å². The number of rotatable bonds is 1. The second-order valence-corrected chi connectivity index (χ2v) is 2.57. The Kier molecular flexibility index (Phi) is 2.45. The lowest BCUT2D eigenvalue weighted by molar-refractivity contribution is 0.325. The summed E-state index contributed by atoms with van der Waals surface area (Å²) >= 11 is 5.59. The maximum atomic E-state index is 12.0. The Labute approximate surface area is 68.8 Å². The van der Waals surface area contributed by atoms with Crippen LogP contribution in [0.2, 0.25) is 5.02 Å². The molecule has 0 nitrogen and oxygen atoms in total. The van der Waals surface area contributed by atoms with Gasteiger partial charge in [0, 0.05) is 5.56 Å². The molecule has 59 valence electrons. The molecule has 0 fully saturated rings. The van der Waals surface area contributed by atoms with E-state index in [0.29, 0.717) is 5.56 Å². The lowest BCUT2D eigenvalue weighted by Crippen LogP contribution is -1.87. The van der Waals surface area contributed by atoms with Crippen molar-refractivity contribution in [3.8, 4) is 0 Å². The zero-order valence-corrected chi connectivity index (χ0v) is 6.62. The average molecular weight is 176 g/mol. The molecule has 0 aromatic heterocycles. The van der Waals surface area contributed by atoms with Gasteiger partial charge in [-0.05, 0) is 12.5 Å². The fourth-order valence-electron chi connectivity index (χ4n) is 0.793. The third-order valence-corrected chi connectivity index (χ3v) is 1.90. The van der Waals surface area contributed by atoms with Gasteiger partial charge >= 0.3 is 6.43 Å². The number of benzene rings is 1. The van der Waals surface area contributed by atoms with Gasteiger partial charge in [0.25, 0.3) is 0 Å². The molecule has 0 aliphatic carbocycles. The van der Waals surface area contributed by atoms with Crippen LogP contribution in [0.3, 0.4) is 0 Å². The SMILES string of the molecule is Cc1cccc([C](F)F)c1Cl. The van der Waals surface area contributed by atoms with Crippen molar-refractivity contribution in [2.45, 2.75) is 6.92 Å². The van der Waals surface area contributed by atoms with Crippen molar-refractivity contribution >= 4 is 11.6 Å². The van der Waals surface area contributed by atoms with Crippen molar-refractivity contribution in [2.75, 3.05) is 0 Å². The average Bonchev–Trinajstić information content (AvgIpc) is 1.94. The molecule has 0 saturated carbocycles. The molecule has 0 heterocycles. The first-order valence-corrected chi connectivity index (χ1v) is 3.44. The van der Waals surface area contributed by atoms with Crippen molar-refractivity contribution in [1.82, 2.24) is 0 Å². The zero-order chi connectivity index (χ0) is 8.43. The fourth-order valence-corrected chi connectivity index (χ4v) is 0.991. The standard InChI is InChI=1S/C8H6ClF2/c1-5-3-2-4-6(7(5)9)8(10)11/h2-4H,1H3. The minimum atomic E-state index is -1.74. The van der Waals surface area contributed by atoms with Crippen LogP contribution < -0.4 is 0 Å². The predicted molar refractivity (Wildman–Crippen MR) is 40.8 cm³/mol. The molecule has 0 saturated heterocycles. The van der Waals surface area contributed by atoms with E-state index in [1.54, 1.807) is 19.1 Å². The van der Waals surface area contributed by atoms with Gasteiger partial charge < -0.3 is 0 Å². The van der Waals surface area contributed by atoms with E-state index in [1.165, 1.54) is 6.07 Å². The summed E-state index contributed by atoms with van der Waals surface area (Å²) in [4.78, 5) is 0. The van der Waals surface area contributed by atoms with Crippen molar-refractivity contribution in [1.29, 1.82) is 0 Å². The smallest absolute Gasteiger partial charge is 0.194 e. The van der Waals surface area contributed by atoms with Gasteiger partial charge in [-0.3, -0.25) is 0 Å². The highest BCUT2D eigenvalue weighted by molar-refractivity contribution is 6.32. The molecular formula is C8H6ClF2. The van der Waals surface area contributed by atoms with Crippen molar-refractivity contribution < 1.29 is 8.78 Å². The van der Waals surface area contributed by atoms with Crippen LogP contribution in [0.5, 0.6) is 0 Å². The van der Waals surface area contributed by atoms with Crippen LogP contribution in [0.4, 0.5) is 8.78 Å². The van der Waals surface area contributed by atoms with Crippen molar-refractivity contribution in [3.63, 3.8) is 0 Å². The van der Waals surface area contributed by atoms with Crippen LogP contribution in [0.15, 0.2) is 18.2 Å². The minimum absolute atomic E-state index is 0.132. The van der Waals surface area contributed by atoms with E-state index in [-0.39, 0.29) is 10.6 Å². The first-order valence-electron chi connectivity index (χ1n) is 3.06. The first kappa shape index (κ1) is 8.47. The minimum Gasteiger partial charge on any atom is -0.194 e. The third-order valence-electron chi connectivity index (χ3n) is 1.40. The lowest BCUT2D eigenvalue weighted by Gasteiger charge is -2.02. The van der Waals surface area contributed by atoms with Gasteiger partial charge in [0.2, 0.25) is 0 Å². The largest absolute Gasteiger partial charge is 0.341 e. The molecule has 0 bridgehead atoms. The van der Waals surface area contributed by atoms with E-state index < -0.39 is 6.43 Å². The second-order valence-electron chi connectivity index (χ2n) is 2.20. The molecule has 0 amide bonds. The Balaban J connectivity index is 3.17. The van der Waals surface area contributed by atoms with E-state index in [2.05, 4.69) is 0 Å². The quantitative estimate of drug-likeness (QED) is 0.614. The Morgan fingerprint density at radius 2 is 2.00 bits per heavy atom. The highest BCUT2D eigenvalue weighted by Crippen LogP contribution is 2.28. The van der Waals surface area contributed by atoms with Crippen LogP contribution in [0.25, 0.3) is 0 Å². The summed E-state index contributed by atoms with van der Waals surface area (Å²) in [5.74, 6) is 0. The lowest BCUT2D eigenvalue weighted by atomic mass is 10.1. The van der Waals surface area contributed by atoms with Crippen molar-refractivity contribution in [3.05, 3.63) is 40.8 Å². The van der Waals surface area contributed by atoms with E-state index in [0.717, 1.165) is 0 Å². The van der Waals surface area contributed by atoms with Crippen LogP contribution in [-0.2, 0) is 0 Å². The summed E-state index contributed by atoms with van der Waals surface area (Å²) in [6.45, 7) is 1.69. The van der Waals surface area contributed by atoms with Gasteiger partial charge in [0.15, 0.2) is 0 Å². The molecular weight excluding hydrogens is 170 g/mol. The number of hydrogen-bond acceptors (Lipinski definition) is 0. The molecule has 11 heavy (non-hydrogen) atoms. The van der Waals surface area contributed by atoms with E-state index >= 15 is 0 Å². The van der Waals surface area contributed by atoms with Crippen LogP contribution in [0, 0.1) is 13.3 Å². The Bertz CT molecular complexity index is 258. The highest BCUT2D eigenvalue weighted by atomic mass is 35.5. The Morgan fingerprint density at radius 1 is 1.36 bits per heavy atom. The molecule has 0 aliphatic heterocycles. The maximum absolute atomic E-state index is 12.0. The highest BCUT2D eigenvalue weighted by Gasteiger charge is 2.14. The molecule has 0 N–H and O–H groups in total. The molecule has 0 unspecified atom stereocenters. The Hall–Kier alpha value is -0.630. The van der Waals surface area contributed by atoms with Crippen LogP contribution in [0.1, 0.15) is 11.1 Å². The molecule has 0 aliphatic rings. The third kappa shape index (κ3) is 1.69. The Morgan fingerprint density at radius 3 is 2.45 bits per heavy atom. The normalized spacial score (nSPS) is 10.6. The second kappa shape index (κ2) is 3.18. The molecule has 0 atom stereocenters. The van der Waals surface area contributed by atoms with Gasteiger partial charge in [-0.2, -0.15) is 8.78 Å². The van der Waals surface area contributed by atoms with E-state index in [9.17, 15) is 8.78 Å². The number of aryl methyl sites for hydroxylation is 1. The molecule has 3 heteroatoms. The van der Waals surface area contributed by atoms with Crippen LogP contribution in [-0.4, -0.2) is 0 Å². The molecule has 1 radical (unpaired) electrons. The van der Waals surface area contributed by atoms with Gasteiger partial charge in [0.05, 0.1) is 5.02 Å². The van der Waals surface area contributed by atoms with E-state index in [4.69, 9.17) is 11.6 Å². The number of hydrogen-bond donors (Lipinski definition) is 0. The molecule has 1 rings (SSSR count). The summed E-state index contributed by atoms with van der Waals surface area (Å²) < 4.78 is 24.1. The van der Waals surface area contributed by atoms with Gasteiger partial charge in [-0.15, -0.1) is 0 Å². The number of halogens is 3. The van der Waals surface area contributed by atoms with Crippen LogP contribution >= 0.6 is 11.6 Å². The molecule has 0 spiro atoms. The summed E-state index contributed by atoms with van der Waals surface area (Å²) in [5.41, 5.74) is 0.489. The summed E-state index contributed by atoms with van der Waals surface area (Å²) in [5, 5.41) is 0.132. The summed E-state index contributed by atoms with van der Waals surface area (Å²) in [6, 6.07) is 4.54. The monoisotopic (exact) mass is 175 g/mol. The summed E-state index contributed by atoms with van der Waals surface area (Å²) in [6.07, 6.45) is -1.74. The predicted octanol–water partition coefficient (Wildman–Crippen LogP) is 3.43. The first-order chi connectivity index (χ1) is 5.13. The topological polar surface area (TPSA) is 0 Å². The maximum Gasteiger partial charge on any atom is 0.341 e.